The molecule has 206 valence electrons. The summed E-state index contributed by atoms with van der Waals surface area (Å²) in [6.45, 7) is 6.77. The second kappa shape index (κ2) is 14.6. The average molecular weight is 520 g/mol. The van der Waals surface area contributed by atoms with Crippen molar-refractivity contribution in [2.45, 2.75) is 102 Å². The number of carbonyl (C=O) groups excluding carboxylic acids is 1. The van der Waals surface area contributed by atoms with Crippen molar-refractivity contribution in [1.29, 1.82) is 0 Å². The van der Waals surface area contributed by atoms with Gasteiger partial charge in [-0.2, -0.15) is 0 Å². The molecule has 5 rings (SSSR count). The normalized spacial score (nSPS) is 23.0. The highest BCUT2D eigenvalue weighted by Crippen LogP contribution is 2.61. The molecule has 2 N–H and O–H groups in total. The Morgan fingerprint density at radius 2 is 1.81 bits per heavy atom. The van der Waals surface area contributed by atoms with E-state index in [-0.39, 0.29) is 60.9 Å². The molecule has 1 aromatic heterocycles. The third-order valence-corrected chi connectivity index (χ3v) is 8.68. The summed E-state index contributed by atoms with van der Waals surface area (Å²) in [7, 11) is 0. The van der Waals surface area contributed by atoms with Crippen LogP contribution in [-0.4, -0.2) is 23.0 Å². The van der Waals surface area contributed by atoms with Gasteiger partial charge in [-0.05, 0) is 74.3 Å². The van der Waals surface area contributed by atoms with Crippen LogP contribution in [0.5, 0.6) is 0 Å². The first-order chi connectivity index (χ1) is 14.8. The summed E-state index contributed by atoms with van der Waals surface area (Å²) in [5, 5.41) is 15.3. The van der Waals surface area contributed by atoms with E-state index in [0.717, 1.165) is 40.8 Å². The fourth-order valence-corrected chi connectivity index (χ4v) is 6.60. The maximum atomic E-state index is 13.3. The summed E-state index contributed by atoms with van der Waals surface area (Å²) >= 11 is 1.63. The zero-order valence-corrected chi connectivity index (χ0v) is 19.5. The molecule has 0 aliphatic heterocycles. The topological polar surface area (TPSA) is 66.4 Å². The Morgan fingerprint density at radius 3 is 2.44 bits per heavy atom. The van der Waals surface area contributed by atoms with Crippen LogP contribution < -0.4 is 5.32 Å². The molecule has 3 aliphatic rings. The number of aliphatic carboxylic acids is 1. The number of thiophene rings is 1. The molecule has 0 unspecified atom stereocenters. The molecular weight excluding hydrogens is 466 g/mol. The van der Waals surface area contributed by atoms with Crippen molar-refractivity contribution in [2.75, 3.05) is 0 Å². The largest absolute Gasteiger partial charge is 0.481 e. The minimum Gasteiger partial charge on any atom is -0.481 e. The van der Waals surface area contributed by atoms with Crippen LogP contribution in [-0.2, 0) is 4.79 Å². The van der Waals surface area contributed by atoms with Gasteiger partial charge in [-0.3, -0.25) is 9.59 Å². The standard InChI is InChI=1S/C26H33NO3S.5CH4/c1-16-10-11-22-19(12-16)20(15-31-22)25(30)27-24-17(8-6-4-5-7-9-23(28)29)13-18-14-21(24)26(18,2)3;;;;;/h4,6,10-12,15,17-18,21,24H,5,7-9,13-14H2,1-3H3,(H,27,30)(H,28,29);5*1H4/b6-4-;;;;;/t17-,18+,21+,24-;;;;;/m1...../s1. The fraction of sp³-hybridized carbons (Fsp3) is 0.613. The van der Waals surface area contributed by atoms with E-state index in [9.17, 15) is 9.59 Å². The fourth-order valence-electron chi connectivity index (χ4n) is 5.68. The Bertz CT molecular complexity index is 1010. The molecule has 3 saturated carbocycles. The molecule has 2 aromatic rings. The average Bonchev–Trinajstić information content (AvgIpc) is 3.13. The van der Waals surface area contributed by atoms with E-state index in [0.29, 0.717) is 18.3 Å². The van der Waals surface area contributed by atoms with Crippen LogP contribution in [0.2, 0.25) is 0 Å². The monoisotopic (exact) mass is 519 g/mol. The number of amides is 1. The maximum Gasteiger partial charge on any atom is 0.303 e. The van der Waals surface area contributed by atoms with Gasteiger partial charge in [-0.15, -0.1) is 11.3 Å². The molecule has 2 bridgehead atoms. The Hall–Kier alpha value is -2.14. The predicted molar refractivity (Wildman–Crippen MR) is 160 cm³/mol. The lowest BCUT2D eigenvalue weighted by atomic mass is 9.44. The number of benzene rings is 1. The van der Waals surface area contributed by atoms with Crippen LogP contribution in [0.1, 0.15) is 105 Å². The van der Waals surface area contributed by atoms with Crippen molar-refractivity contribution in [3.8, 4) is 0 Å². The molecule has 0 saturated heterocycles. The first-order valence-electron chi connectivity index (χ1n) is 11.4. The van der Waals surface area contributed by atoms with Gasteiger partial charge in [0.25, 0.3) is 5.91 Å². The SMILES string of the molecule is C.C.C.C.C.Cc1ccc2scc(C(=O)N[C@@H]3[C@H](C/C=C\CCCC(=O)O)C[C@H]4C[C@@H]3C4(C)C)c2c1. The quantitative estimate of drug-likeness (QED) is 0.270. The Morgan fingerprint density at radius 1 is 1.11 bits per heavy atom. The summed E-state index contributed by atoms with van der Waals surface area (Å²) in [5.74, 6) is 1.02. The third-order valence-electron chi connectivity index (χ3n) is 7.71. The van der Waals surface area contributed by atoms with E-state index in [2.05, 4.69) is 56.4 Å². The number of rotatable bonds is 8. The first-order valence-corrected chi connectivity index (χ1v) is 12.3. The lowest BCUT2D eigenvalue weighted by molar-refractivity contribution is -0.137. The molecule has 3 fully saturated rings. The Kier molecular flexibility index (Phi) is 14.6. The number of hydrogen-bond acceptors (Lipinski definition) is 3. The van der Waals surface area contributed by atoms with Gasteiger partial charge < -0.3 is 10.4 Å². The van der Waals surface area contributed by atoms with E-state index >= 15 is 0 Å². The lowest BCUT2D eigenvalue weighted by Gasteiger charge is -2.62. The molecule has 1 aromatic carbocycles. The highest BCUT2D eigenvalue weighted by molar-refractivity contribution is 7.17. The second-order valence-electron chi connectivity index (χ2n) is 10.00. The summed E-state index contributed by atoms with van der Waals surface area (Å²) < 4.78 is 1.16. The number of unbranched alkanes of at least 4 members (excludes halogenated alkanes) is 1. The Labute approximate surface area is 225 Å². The number of allylic oxidation sites excluding steroid dienone is 2. The second-order valence-corrected chi connectivity index (χ2v) is 10.9. The molecule has 4 nitrogen and oxygen atoms in total. The van der Waals surface area contributed by atoms with Crippen molar-refractivity contribution < 1.29 is 14.7 Å². The summed E-state index contributed by atoms with van der Waals surface area (Å²) in [4.78, 5) is 24.0. The van der Waals surface area contributed by atoms with Crippen molar-refractivity contribution in [3.05, 3.63) is 46.9 Å². The number of carboxylic acids is 1. The van der Waals surface area contributed by atoms with Gasteiger partial charge in [-0.25, -0.2) is 0 Å². The zero-order valence-electron chi connectivity index (χ0n) is 18.7. The molecular formula is C31H53NO3S. The van der Waals surface area contributed by atoms with Gasteiger partial charge >= 0.3 is 5.97 Å². The van der Waals surface area contributed by atoms with Gasteiger partial charge in [0.1, 0.15) is 0 Å². The third kappa shape index (κ3) is 7.21. The number of aryl methyl sites for hydroxylation is 1. The predicted octanol–water partition coefficient (Wildman–Crippen LogP) is 9.37. The maximum absolute atomic E-state index is 13.3. The first kappa shape index (κ1) is 36.0. The van der Waals surface area contributed by atoms with Crippen molar-refractivity contribution >= 4 is 33.3 Å². The molecule has 4 atom stereocenters. The van der Waals surface area contributed by atoms with Crippen molar-refractivity contribution in [3.63, 3.8) is 0 Å². The zero-order chi connectivity index (χ0) is 22.2. The number of hydrogen-bond donors (Lipinski definition) is 2. The molecule has 3 aliphatic carbocycles. The molecule has 1 heterocycles. The van der Waals surface area contributed by atoms with E-state index in [1.54, 1.807) is 11.3 Å². The van der Waals surface area contributed by atoms with Gasteiger partial charge in [0.05, 0.1) is 5.56 Å². The van der Waals surface area contributed by atoms with E-state index in [4.69, 9.17) is 5.11 Å². The van der Waals surface area contributed by atoms with Crippen molar-refractivity contribution in [1.82, 2.24) is 5.32 Å². The molecule has 0 spiro atoms. The molecule has 1 amide bonds. The minimum atomic E-state index is -0.734. The highest BCUT2D eigenvalue weighted by Gasteiger charge is 2.57. The molecule has 0 radical (unpaired) electrons. The number of carboxylic acid groups (broad SMARTS) is 1. The van der Waals surface area contributed by atoms with Crippen molar-refractivity contribution in [2.24, 2.45) is 23.2 Å². The van der Waals surface area contributed by atoms with Crippen LogP contribution in [0.3, 0.4) is 0 Å². The van der Waals surface area contributed by atoms with E-state index in [1.165, 1.54) is 12.0 Å². The lowest BCUT2D eigenvalue weighted by Crippen LogP contribution is -2.63. The van der Waals surface area contributed by atoms with Crippen LogP contribution in [0.15, 0.2) is 35.7 Å². The minimum absolute atomic E-state index is 0. The summed E-state index contributed by atoms with van der Waals surface area (Å²) in [6, 6.07) is 6.50. The Balaban J connectivity index is 0. The summed E-state index contributed by atoms with van der Waals surface area (Å²) in [6.07, 6.45) is 9.32. The highest BCUT2D eigenvalue weighted by atomic mass is 32.1. The van der Waals surface area contributed by atoms with Crippen LogP contribution in [0, 0.1) is 30.1 Å². The number of carbonyl (C=O) groups is 2. The van der Waals surface area contributed by atoms with Gasteiger partial charge in [0, 0.05) is 27.9 Å². The van der Waals surface area contributed by atoms with E-state index in [1.807, 2.05) is 5.38 Å². The van der Waals surface area contributed by atoms with E-state index < -0.39 is 5.97 Å². The van der Waals surface area contributed by atoms with Crippen LogP contribution in [0.25, 0.3) is 10.1 Å². The van der Waals surface area contributed by atoms with Gasteiger partial charge in [0.15, 0.2) is 0 Å². The van der Waals surface area contributed by atoms with Gasteiger partial charge in [0.2, 0.25) is 0 Å². The summed E-state index contributed by atoms with van der Waals surface area (Å²) in [5.41, 5.74) is 2.25. The van der Waals surface area contributed by atoms with Crippen LogP contribution in [0.4, 0.5) is 0 Å². The number of fused-ring (bicyclic) bond motifs is 3. The van der Waals surface area contributed by atoms with Crippen LogP contribution >= 0.6 is 11.3 Å². The van der Waals surface area contributed by atoms with Gasteiger partial charge in [-0.1, -0.05) is 74.8 Å². The smallest absolute Gasteiger partial charge is 0.303 e. The number of nitrogens with one attached hydrogen (secondary N) is 1. The molecule has 5 heteroatoms. The molecule has 36 heavy (non-hydrogen) atoms.